The van der Waals surface area contributed by atoms with Gasteiger partial charge in [-0.15, -0.1) is 0 Å². The third-order valence-electron chi connectivity index (χ3n) is 0.738. The minimum Gasteiger partial charge on any atom is -0.392 e. The van der Waals surface area contributed by atoms with E-state index in [1.165, 1.54) is 0 Å². The lowest BCUT2D eigenvalue weighted by atomic mass is 10.4. The van der Waals surface area contributed by atoms with Gasteiger partial charge in [-0.1, -0.05) is 0 Å². The van der Waals surface area contributed by atoms with Gasteiger partial charge in [0.2, 0.25) is 5.91 Å². The van der Waals surface area contributed by atoms with Gasteiger partial charge in [-0.25, -0.2) is 0 Å². The molecule has 0 radical (unpaired) electrons. The second-order valence-corrected chi connectivity index (χ2v) is 1.81. The van der Waals surface area contributed by atoms with Gasteiger partial charge in [-0.05, 0) is 6.92 Å². The number of amides is 1. The Bertz CT molecular complexity index is 92.2. The molecular formula is C5H11NO3. The van der Waals surface area contributed by atoms with Crippen LogP contribution in [-0.2, 0) is 4.79 Å². The molecule has 0 saturated heterocycles. The molecule has 0 spiro atoms. The van der Waals surface area contributed by atoms with Gasteiger partial charge in [-0.2, -0.15) is 0 Å². The van der Waals surface area contributed by atoms with Gasteiger partial charge >= 0.3 is 0 Å². The molecule has 0 aromatic rings. The summed E-state index contributed by atoms with van der Waals surface area (Å²) in [5, 5.41) is 19.0. The van der Waals surface area contributed by atoms with Crippen LogP contribution < -0.4 is 5.32 Å². The number of aliphatic hydroxyl groups is 2. The van der Waals surface area contributed by atoms with Gasteiger partial charge in [-0.3, -0.25) is 4.79 Å². The molecule has 1 unspecified atom stereocenters. The van der Waals surface area contributed by atoms with Crippen LogP contribution in [0.2, 0.25) is 0 Å². The average molecular weight is 133 g/mol. The largest absolute Gasteiger partial charge is 0.392 e. The van der Waals surface area contributed by atoms with Crippen molar-refractivity contribution in [1.29, 1.82) is 0 Å². The molecule has 9 heavy (non-hydrogen) atoms. The van der Waals surface area contributed by atoms with Crippen molar-refractivity contribution in [2.75, 3.05) is 13.2 Å². The van der Waals surface area contributed by atoms with E-state index < -0.39 is 18.6 Å². The molecule has 0 aliphatic carbocycles. The van der Waals surface area contributed by atoms with Crippen LogP contribution in [0, 0.1) is 0 Å². The van der Waals surface area contributed by atoms with E-state index >= 15 is 0 Å². The topological polar surface area (TPSA) is 69.6 Å². The number of carbonyl (C=O) groups is 1. The van der Waals surface area contributed by atoms with Crippen molar-refractivity contribution in [3.63, 3.8) is 0 Å². The fourth-order valence-corrected chi connectivity index (χ4v) is 0.317. The lowest BCUT2D eigenvalue weighted by molar-refractivity contribution is -0.124. The SMILES string of the molecule is CC(O)CNC(=O)CO. The van der Waals surface area contributed by atoms with Crippen LogP contribution in [0.4, 0.5) is 0 Å². The number of nitrogens with one attached hydrogen (secondary N) is 1. The molecule has 3 N–H and O–H groups in total. The van der Waals surface area contributed by atoms with Crippen LogP contribution in [0.25, 0.3) is 0 Å². The highest BCUT2D eigenvalue weighted by molar-refractivity contribution is 5.76. The minimum absolute atomic E-state index is 0.194. The van der Waals surface area contributed by atoms with Crippen molar-refractivity contribution in [2.24, 2.45) is 0 Å². The fraction of sp³-hybridized carbons (Fsp3) is 0.800. The van der Waals surface area contributed by atoms with Gasteiger partial charge in [0.15, 0.2) is 0 Å². The zero-order chi connectivity index (χ0) is 7.28. The van der Waals surface area contributed by atoms with Crippen molar-refractivity contribution < 1.29 is 15.0 Å². The molecule has 0 aromatic carbocycles. The Kier molecular flexibility index (Phi) is 4.00. The van der Waals surface area contributed by atoms with Crippen molar-refractivity contribution in [3.8, 4) is 0 Å². The first-order valence-electron chi connectivity index (χ1n) is 2.72. The smallest absolute Gasteiger partial charge is 0.245 e. The first kappa shape index (κ1) is 8.39. The molecule has 0 saturated carbocycles. The minimum atomic E-state index is -0.555. The van der Waals surface area contributed by atoms with Gasteiger partial charge < -0.3 is 15.5 Å². The van der Waals surface area contributed by atoms with E-state index in [-0.39, 0.29) is 6.54 Å². The van der Waals surface area contributed by atoms with E-state index in [1.807, 2.05) is 0 Å². The second-order valence-electron chi connectivity index (χ2n) is 1.81. The summed E-state index contributed by atoms with van der Waals surface area (Å²) in [5.41, 5.74) is 0. The number of aliphatic hydroxyl groups excluding tert-OH is 2. The van der Waals surface area contributed by atoms with E-state index in [2.05, 4.69) is 5.32 Å². The molecule has 0 bridgehead atoms. The number of hydrogen-bond acceptors (Lipinski definition) is 3. The molecule has 0 fully saturated rings. The molecule has 1 atom stereocenters. The average Bonchev–Trinajstić information content (AvgIpc) is 1.83. The molecule has 1 amide bonds. The quantitative estimate of drug-likeness (QED) is 0.437. The number of rotatable bonds is 3. The fourth-order valence-electron chi connectivity index (χ4n) is 0.317. The molecule has 54 valence electrons. The molecule has 0 heterocycles. The standard InChI is InChI=1S/C5H11NO3/c1-4(8)2-6-5(9)3-7/h4,7-8H,2-3H2,1H3,(H,6,9). The van der Waals surface area contributed by atoms with Gasteiger partial charge in [0.1, 0.15) is 6.61 Å². The summed E-state index contributed by atoms with van der Waals surface area (Å²) < 4.78 is 0. The summed E-state index contributed by atoms with van der Waals surface area (Å²) in [6.07, 6.45) is -0.555. The van der Waals surface area contributed by atoms with Gasteiger partial charge in [0.05, 0.1) is 6.10 Å². The Morgan fingerprint density at radius 3 is 2.67 bits per heavy atom. The third kappa shape index (κ3) is 5.26. The van der Waals surface area contributed by atoms with Crippen LogP contribution in [0.15, 0.2) is 0 Å². The molecule has 0 rings (SSSR count). The first-order valence-corrected chi connectivity index (χ1v) is 2.72. The molecule has 0 aliphatic rings. The second kappa shape index (κ2) is 4.29. The highest BCUT2D eigenvalue weighted by Crippen LogP contribution is 1.73. The Labute approximate surface area is 53.5 Å². The first-order chi connectivity index (χ1) is 4.16. The van der Waals surface area contributed by atoms with Crippen molar-refractivity contribution in [2.45, 2.75) is 13.0 Å². The van der Waals surface area contributed by atoms with Crippen LogP contribution in [-0.4, -0.2) is 35.4 Å². The van der Waals surface area contributed by atoms with Crippen molar-refractivity contribution in [1.82, 2.24) is 5.32 Å². The maximum absolute atomic E-state index is 10.2. The van der Waals surface area contributed by atoms with Gasteiger partial charge in [0.25, 0.3) is 0 Å². The summed E-state index contributed by atoms with van der Waals surface area (Å²) in [4.78, 5) is 10.2. The number of hydrogen-bond donors (Lipinski definition) is 3. The predicted octanol–water partition coefficient (Wildman–Crippen LogP) is -1.52. The molecule has 4 heteroatoms. The monoisotopic (exact) mass is 133 g/mol. The van der Waals surface area contributed by atoms with Crippen LogP contribution in [0.3, 0.4) is 0 Å². The Morgan fingerprint density at radius 1 is 1.78 bits per heavy atom. The van der Waals surface area contributed by atoms with Gasteiger partial charge in [0, 0.05) is 6.54 Å². The Balaban J connectivity index is 3.17. The third-order valence-corrected chi connectivity index (χ3v) is 0.738. The van der Waals surface area contributed by atoms with Crippen LogP contribution >= 0.6 is 0 Å². The zero-order valence-electron chi connectivity index (χ0n) is 5.29. The van der Waals surface area contributed by atoms with E-state index in [0.717, 1.165) is 0 Å². The normalized spacial score (nSPS) is 12.8. The molecule has 4 nitrogen and oxygen atoms in total. The van der Waals surface area contributed by atoms with Crippen LogP contribution in [0.1, 0.15) is 6.92 Å². The molecule has 0 aromatic heterocycles. The van der Waals surface area contributed by atoms with E-state index in [1.54, 1.807) is 6.92 Å². The lowest BCUT2D eigenvalue weighted by Gasteiger charge is -2.03. The van der Waals surface area contributed by atoms with E-state index in [9.17, 15) is 4.79 Å². The summed E-state index contributed by atoms with van der Waals surface area (Å²) in [7, 11) is 0. The Hall–Kier alpha value is -0.610. The predicted molar refractivity (Wildman–Crippen MR) is 31.8 cm³/mol. The maximum Gasteiger partial charge on any atom is 0.245 e. The van der Waals surface area contributed by atoms with Crippen molar-refractivity contribution in [3.05, 3.63) is 0 Å². The maximum atomic E-state index is 10.2. The lowest BCUT2D eigenvalue weighted by Crippen LogP contribution is -2.32. The zero-order valence-corrected chi connectivity index (χ0v) is 5.29. The summed E-state index contributed by atoms with van der Waals surface area (Å²) in [6, 6.07) is 0. The van der Waals surface area contributed by atoms with E-state index in [0.29, 0.717) is 0 Å². The Morgan fingerprint density at radius 2 is 2.33 bits per heavy atom. The van der Waals surface area contributed by atoms with Crippen LogP contribution in [0.5, 0.6) is 0 Å². The van der Waals surface area contributed by atoms with E-state index in [4.69, 9.17) is 10.2 Å². The highest BCUT2D eigenvalue weighted by Gasteiger charge is 1.98. The van der Waals surface area contributed by atoms with Crippen molar-refractivity contribution >= 4 is 5.91 Å². The number of carbonyl (C=O) groups excluding carboxylic acids is 1. The summed E-state index contributed by atoms with van der Waals surface area (Å²) in [5.74, 6) is -0.462. The molecular weight excluding hydrogens is 122 g/mol. The summed E-state index contributed by atoms with van der Waals surface area (Å²) >= 11 is 0. The summed E-state index contributed by atoms with van der Waals surface area (Å²) in [6.45, 7) is 1.23. The molecule has 0 aliphatic heterocycles. The highest BCUT2D eigenvalue weighted by atomic mass is 16.3.